The molecule has 0 saturated carbocycles. The second-order valence-corrected chi connectivity index (χ2v) is 7.70. The third-order valence-electron chi connectivity index (χ3n) is 5.41. The van der Waals surface area contributed by atoms with Gasteiger partial charge in [-0.1, -0.05) is 90.5 Å². The number of rotatable bonds is 5. The van der Waals surface area contributed by atoms with Crippen molar-refractivity contribution >= 4 is 17.8 Å². The number of piperidine rings is 1. The third kappa shape index (κ3) is 4.52. The molecule has 1 aliphatic rings. The lowest BCUT2D eigenvalue weighted by Crippen LogP contribution is -2.38. The van der Waals surface area contributed by atoms with Gasteiger partial charge in [0.1, 0.15) is 0 Å². The number of hydrogen-bond donors (Lipinski definition) is 0. The molecule has 1 fully saturated rings. The van der Waals surface area contributed by atoms with Crippen molar-refractivity contribution in [1.82, 2.24) is 4.90 Å². The van der Waals surface area contributed by atoms with E-state index < -0.39 is 0 Å². The van der Waals surface area contributed by atoms with Crippen molar-refractivity contribution in [1.29, 1.82) is 0 Å². The summed E-state index contributed by atoms with van der Waals surface area (Å²) in [5.41, 5.74) is 3.64. The summed E-state index contributed by atoms with van der Waals surface area (Å²) in [6.45, 7) is 2.03. The van der Waals surface area contributed by atoms with E-state index >= 15 is 0 Å². The molecule has 1 aliphatic heterocycles. The fourth-order valence-corrected chi connectivity index (χ4v) is 4.18. The summed E-state index contributed by atoms with van der Waals surface area (Å²) in [5, 5.41) is 0.834. The average Bonchev–Trinajstić information content (AvgIpc) is 2.76. The predicted molar refractivity (Wildman–Crippen MR) is 118 cm³/mol. The quantitative estimate of drug-likeness (QED) is 0.488. The van der Waals surface area contributed by atoms with Crippen molar-refractivity contribution in [2.45, 2.75) is 24.9 Å². The Hall–Kier alpha value is -2.42. The van der Waals surface area contributed by atoms with Crippen LogP contribution in [0.4, 0.5) is 0 Å². The maximum absolute atomic E-state index is 6.58. The fraction of sp³-hybridized carbons (Fsp3) is 0.240. The van der Waals surface area contributed by atoms with Gasteiger partial charge in [0.05, 0.1) is 12.1 Å². The van der Waals surface area contributed by atoms with Crippen LogP contribution in [-0.2, 0) is 0 Å². The molecule has 1 heterocycles. The summed E-state index contributed by atoms with van der Waals surface area (Å²) in [5.74, 6) is 0. The first-order chi connectivity index (χ1) is 13.8. The van der Waals surface area contributed by atoms with E-state index in [-0.39, 0.29) is 6.04 Å². The second kappa shape index (κ2) is 9.18. The Morgan fingerprint density at radius 2 is 1.43 bits per heavy atom. The predicted octanol–water partition coefficient (Wildman–Crippen LogP) is 6.01. The molecule has 0 aliphatic carbocycles. The average molecular weight is 389 g/mol. The summed E-state index contributed by atoms with van der Waals surface area (Å²) in [7, 11) is 0. The molecular formula is C25H25ClN2. The highest BCUT2D eigenvalue weighted by Gasteiger charge is 2.28. The Labute approximate surface area is 172 Å². The molecule has 0 radical (unpaired) electrons. The van der Waals surface area contributed by atoms with Crippen LogP contribution in [0.3, 0.4) is 0 Å². The van der Waals surface area contributed by atoms with E-state index in [9.17, 15) is 0 Å². The Bertz CT molecular complexity index is 900. The van der Waals surface area contributed by atoms with Gasteiger partial charge in [-0.3, -0.25) is 9.89 Å². The van der Waals surface area contributed by atoms with E-state index in [1.807, 2.05) is 24.4 Å². The molecule has 3 heteroatoms. The van der Waals surface area contributed by atoms with Crippen LogP contribution in [0.25, 0.3) is 0 Å². The van der Waals surface area contributed by atoms with Gasteiger partial charge in [0.25, 0.3) is 0 Å². The minimum atomic E-state index is 0.189. The van der Waals surface area contributed by atoms with Crippen molar-refractivity contribution in [3.05, 3.63) is 107 Å². The minimum absolute atomic E-state index is 0.189. The first-order valence-electron chi connectivity index (χ1n) is 9.93. The molecule has 0 aromatic heterocycles. The number of benzene rings is 3. The Kier molecular flexibility index (Phi) is 6.20. The van der Waals surface area contributed by atoms with E-state index in [1.54, 1.807) is 0 Å². The zero-order valence-electron chi connectivity index (χ0n) is 15.9. The first-order valence-corrected chi connectivity index (χ1v) is 10.3. The Balaban J connectivity index is 1.50. The third-order valence-corrected chi connectivity index (χ3v) is 5.76. The Morgan fingerprint density at radius 3 is 2.11 bits per heavy atom. The molecule has 3 aromatic rings. The Morgan fingerprint density at radius 1 is 0.821 bits per heavy atom. The summed E-state index contributed by atoms with van der Waals surface area (Å²) < 4.78 is 0. The lowest BCUT2D eigenvalue weighted by molar-refractivity contribution is 0.175. The van der Waals surface area contributed by atoms with E-state index in [4.69, 9.17) is 16.6 Å². The molecule has 0 spiro atoms. The molecule has 1 saturated heterocycles. The van der Waals surface area contributed by atoms with Gasteiger partial charge in [-0.05, 0) is 35.6 Å². The lowest BCUT2D eigenvalue weighted by Gasteiger charge is -2.37. The number of likely N-dealkylation sites (tertiary alicyclic amines) is 1. The van der Waals surface area contributed by atoms with Gasteiger partial charge in [-0.2, -0.15) is 0 Å². The van der Waals surface area contributed by atoms with Gasteiger partial charge in [0.2, 0.25) is 0 Å². The van der Waals surface area contributed by atoms with Crippen LogP contribution < -0.4 is 0 Å². The maximum atomic E-state index is 6.58. The van der Waals surface area contributed by atoms with Crippen LogP contribution in [0.2, 0.25) is 5.02 Å². The number of aliphatic imine (C=N–C) groups is 1. The van der Waals surface area contributed by atoms with Gasteiger partial charge < -0.3 is 0 Å². The van der Waals surface area contributed by atoms with Crippen molar-refractivity contribution in [3.8, 4) is 0 Å². The lowest BCUT2D eigenvalue weighted by atomic mass is 9.94. The van der Waals surface area contributed by atoms with E-state index in [2.05, 4.69) is 71.6 Å². The van der Waals surface area contributed by atoms with Gasteiger partial charge >= 0.3 is 0 Å². The number of halogens is 1. The van der Waals surface area contributed by atoms with E-state index in [0.717, 1.165) is 31.0 Å². The molecule has 28 heavy (non-hydrogen) atoms. The molecular weight excluding hydrogens is 364 g/mol. The normalized spacial score (nSPS) is 17.0. The summed E-state index contributed by atoms with van der Waals surface area (Å²) in [4.78, 5) is 7.38. The maximum Gasteiger partial charge on any atom is 0.0616 e. The van der Waals surface area contributed by atoms with Gasteiger partial charge in [0, 0.05) is 24.3 Å². The smallest absolute Gasteiger partial charge is 0.0616 e. The molecule has 0 N–H and O–H groups in total. The second-order valence-electron chi connectivity index (χ2n) is 7.29. The van der Waals surface area contributed by atoms with Crippen LogP contribution in [0, 0.1) is 0 Å². The molecule has 2 nitrogen and oxygen atoms in total. The number of nitrogens with zero attached hydrogens (tertiary/aromatic N) is 2. The number of hydrogen-bond acceptors (Lipinski definition) is 2. The monoisotopic (exact) mass is 388 g/mol. The molecule has 142 valence electrons. The van der Waals surface area contributed by atoms with Crippen molar-refractivity contribution in [2.24, 2.45) is 4.99 Å². The molecule has 1 unspecified atom stereocenters. The highest BCUT2D eigenvalue weighted by molar-refractivity contribution is 6.31. The minimum Gasteiger partial charge on any atom is -0.292 e. The van der Waals surface area contributed by atoms with Crippen LogP contribution in [0.5, 0.6) is 0 Å². The van der Waals surface area contributed by atoms with Crippen molar-refractivity contribution in [2.75, 3.05) is 13.1 Å². The van der Waals surface area contributed by atoms with Crippen LogP contribution >= 0.6 is 11.6 Å². The summed E-state index contributed by atoms with van der Waals surface area (Å²) in [6.07, 6.45) is 4.15. The zero-order valence-corrected chi connectivity index (χ0v) is 16.7. The van der Waals surface area contributed by atoms with E-state index in [1.165, 1.54) is 16.7 Å². The molecule has 4 rings (SSSR count). The van der Waals surface area contributed by atoms with Gasteiger partial charge in [0.15, 0.2) is 0 Å². The van der Waals surface area contributed by atoms with Gasteiger partial charge in [-0.15, -0.1) is 0 Å². The molecule has 1 atom stereocenters. The molecule has 0 amide bonds. The summed E-state index contributed by atoms with van der Waals surface area (Å²) in [6, 6.07) is 29.8. The summed E-state index contributed by atoms with van der Waals surface area (Å²) >= 11 is 6.58. The van der Waals surface area contributed by atoms with Crippen LogP contribution in [0.15, 0.2) is 89.9 Å². The standard InChI is InChI=1S/C25H25ClN2/c26-24-14-8-7-13-23(24)25(21-11-5-2-6-12-21)28-17-15-22(16-18-28)27-19-20-9-3-1-4-10-20/h1-14,19,22,25H,15-18H2. The molecule has 3 aromatic carbocycles. The first kappa shape index (κ1) is 18.9. The largest absolute Gasteiger partial charge is 0.292 e. The van der Waals surface area contributed by atoms with Crippen molar-refractivity contribution in [3.63, 3.8) is 0 Å². The zero-order chi connectivity index (χ0) is 19.2. The van der Waals surface area contributed by atoms with Crippen LogP contribution in [-0.4, -0.2) is 30.2 Å². The molecule has 0 bridgehead atoms. The van der Waals surface area contributed by atoms with Gasteiger partial charge in [-0.25, -0.2) is 0 Å². The van der Waals surface area contributed by atoms with Crippen LogP contribution in [0.1, 0.15) is 35.6 Å². The van der Waals surface area contributed by atoms with E-state index in [0.29, 0.717) is 6.04 Å². The topological polar surface area (TPSA) is 15.6 Å². The van der Waals surface area contributed by atoms with Crippen molar-refractivity contribution < 1.29 is 0 Å². The highest BCUT2D eigenvalue weighted by Crippen LogP contribution is 2.35. The SMILES string of the molecule is Clc1ccccc1C(c1ccccc1)N1CCC(N=Cc2ccccc2)CC1. The highest BCUT2D eigenvalue weighted by atomic mass is 35.5. The fourth-order valence-electron chi connectivity index (χ4n) is 3.94.